The van der Waals surface area contributed by atoms with E-state index < -0.39 is 6.04 Å². The van der Waals surface area contributed by atoms with Gasteiger partial charge in [0, 0.05) is 37.5 Å². The fraction of sp³-hybridized carbons (Fsp3) is 0.500. The lowest BCUT2D eigenvalue weighted by molar-refractivity contribution is -0.133. The summed E-state index contributed by atoms with van der Waals surface area (Å²) in [6, 6.07) is 6.51. The highest BCUT2D eigenvalue weighted by Crippen LogP contribution is 2.17. The molecule has 0 bridgehead atoms. The number of benzene rings is 1. The molecule has 0 spiro atoms. The van der Waals surface area contributed by atoms with Crippen molar-refractivity contribution in [2.24, 2.45) is 0 Å². The minimum absolute atomic E-state index is 0.000844. The number of hydrogen-bond acceptors (Lipinski definition) is 4. The third kappa shape index (κ3) is 5.93. The molecule has 0 radical (unpaired) electrons. The molecular formula is C20H25ClN4O4. The van der Waals surface area contributed by atoms with E-state index in [1.54, 1.807) is 24.3 Å². The van der Waals surface area contributed by atoms with E-state index in [4.69, 9.17) is 11.6 Å². The van der Waals surface area contributed by atoms with E-state index in [2.05, 4.69) is 10.6 Å². The second-order valence-electron chi connectivity index (χ2n) is 7.31. The molecule has 8 nitrogen and oxygen atoms in total. The molecular weight excluding hydrogens is 396 g/mol. The number of amides is 4. The maximum Gasteiger partial charge on any atom is 0.240 e. The average Bonchev–Trinajstić information content (AvgIpc) is 3.28. The van der Waals surface area contributed by atoms with Gasteiger partial charge in [0.2, 0.25) is 23.6 Å². The lowest BCUT2D eigenvalue weighted by atomic mass is 10.1. The highest BCUT2D eigenvalue weighted by atomic mass is 35.5. The Morgan fingerprint density at radius 1 is 0.931 bits per heavy atom. The Morgan fingerprint density at radius 3 is 2.00 bits per heavy atom. The number of nitrogens with one attached hydrogen (secondary N) is 2. The van der Waals surface area contributed by atoms with Crippen LogP contribution in [0.1, 0.15) is 37.3 Å². The van der Waals surface area contributed by atoms with Crippen LogP contribution in [0.3, 0.4) is 0 Å². The van der Waals surface area contributed by atoms with Crippen molar-refractivity contribution in [1.29, 1.82) is 0 Å². The van der Waals surface area contributed by atoms with E-state index in [0.717, 1.165) is 18.4 Å². The van der Waals surface area contributed by atoms with Crippen molar-refractivity contribution in [1.82, 2.24) is 20.4 Å². The first-order valence-corrected chi connectivity index (χ1v) is 10.2. The van der Waals surface area contributed by atoms with Gasteiger partial charge in [0.05, 0.1) is 19.1 Å². The highest BCUT2D eigenvalue weighted by Gasteiger charge is 2.25. The van der Waals surface area contributed by atoms with Crippen molar-refractivity contribution in [2.45, 2.75) is 31.7 Å². The van der Waals surface area contributed by atoms with Crippen LogP contribution in [0.15, 0.2) is 24.3 Å². The van der Waals surface area contributed by atoms with Crippen LogP contribution in [-0.2, 0) is 19.2 Å². The third-order valence-corrected chi connectivity index (χ3v) is 5.37. The zero-order valence-corrected chi connectivity index (χ0v) is 16.9. The number of carbonyl (C=O) groups excluding carboxylic acids is 4. The van der Waals surface area contributed by atoms with Crippen LogP contribution in [0.5, 0.6) is 0 Å². The van der Waals surface area contributed by atoms with Gasteiger partial charge in [0.25, 0.3) is 0 Å². The van der Waals surface area contributed by atoms with Gasteiger partial charge in [-0.2, -0.15) is 0 Å². The molecule has 156 valence electrons. The van der Waals surface area contributed by atoms with Crippen molar-refractivity contribution in [3.05, 3.63) is 34.9 Å². The quantitative estimate of drug-likeness (QED) is 0.651. The second-order valence-corrected chi connectivity index (χ2v) is 7.75. The Morgan fingerprint density at radius 2 is 1.48 bits per heavy atom. The van der Waals surface area contributed by atoms with Gasteiger partial charge in [-0.05, 0) is 30.5 Å². The zero-order chi connectivity index (χ0) is 20.8. The first-order chi connectivity index (χ1) is 13.9. The smallest absolute Gasteiger partial charge is 0.240 e. The van der Waals surface area contributed by atoms with Crippen molar-refractivity contribution in [2.75, 3.05) is 32.7 Å². The van der Waals surface area contributed by atoms with Crippen LogP contribution < -0.4 is 10.6 Å². The summed E-state index contributed by atoms with van der Waals surface area (Å²) in [6.45, 7) is 1.36. The summed E-state index contributed by atoms with van der Waals surface area (Å²) in [5.74, 6) is -0.600. The molecule has 2 fully saturated rings. The van der Waals surface area contributed by atoms with Crippen molar-refractivity contribution >= 4 is 35.2 Å². The lowest BCUT2D eigenvalue weighted by Crippen LogP contribution is -2.44. The van der Waals surface area contributed by atoms with E-state index in [1.807, 2.05) is 0 Å². The Labute approximate surface area is 174 Å². The van der Waals surface area contributed by atoms with Crippen LogP contribution in [0.25, 0.3) is 0 Å². The van der Waals surface area contributed by atoms with Crippen molar-refractivity contribution < 1.29 is 19.2 Å². The molecule has 1 aromatic rings. The number of rotatable bonds is 8. The summed E-state index contributed by atoms with van der Waals surface area (Å²) >= 11 is 5.95. The summed E-state index contributed by atoms with van der Waals surface area (Å²) in [5.41, 5.74) is 0.785. The summed E-state index contributed by atoms with van der Waals surface area (Å²) in [4.78, 5) is 51.2. The number of carbonyl (C=O) groups is 4. The first kappa shape index (κ1) is 21.1. The van der Waals surface area contributed by atoms with Gasteiger partial charge in [0.15, 0.2) is 0 Å². The van der Waals surface area contributed by atoms with Crippen LogP contribution in [-0.4, -0.2) is 66.2 Å². The standard InChI is InChI=1S/C20H25ClN4O4/c21-15-7-5-14(6-8-15)16(23-18(27)13-25-10-2-4-20(25)29)11-22-17(26)12-24-9-1-3-19(24)28/h5-8,16H,1-4,9-13H2,(H,22,26)(H,23,27)/t16-/m1/s1. The summed E-state index contributed by atoms with van der Waals surface area (Å²) in [7, 11) is 0. The van der Waals surface area contributed by atoms with Gasteiger partial charge >= 0.3 is 0 Å². The van der Waals surface area contributed by atoms with Gasteiger partial charge in [-0.25, -0.2) is 0 Å². The van der Waals surface area contributed by atoms with Gasteiger partial charge in [-0.15, -0.1) is 0 Å². The van der Waals surface area contributed by atoms with E-state index in [9.17, 15) is 19.2 Å². The van der Waals surface area contributed by atoms with Gasteiger partial charge in [0.1, 0.15) is 0 Å². The van der Waals surface area contributed by atoms with Crippen LogP contribution in [0, 0.1) is 0 Å². The fourth-order valence-electron chi connectivity index (χ4n) is 3.55. The van der Waals surface area contributed by atoms with E-state index in [0.29, 0.717) is 31.0 Å². The Hall–Kier alpha value is -2.61. The van der Waals surface area contributed by atoms with Gasteiger partial charge in [-0.1, -0.05) is 23.7 Å². The fourth-order valence-corrected chi connectivity index (χ4v) is 3.67. The van der Waals surface area contributed by atoms with Crippen LogP contribution >= 0.6 is 11.6 Å². The molecule has 0 saturated carbocycles. The maximum atomic E-state index is 12.5. The van der Waals surface area contributed by atoms with Crippen molar-refractivity contribution in [3.63, 3.8) is 0 Å². The molecule has 0 aromatic heterocycles. The molecule has 9 heteroatoms. The average molecular weight is 421 g/mol. The molecule has 0 unspecified atom stereocenters. The topological polar surface area (TPSA) is 98.8 Å². The van der Waals surface area contributed by atoms with E-state index >= 15 is 0 Å². The Bertz CT molecular complexity index is 783. The minimum atomic E-state index is -0.476. The van der Waals surface area contributed by atoms with E-state index in [-0.39, 0.29) is 43.3 Å². The molecule has 29 heavy (non-hydrogen) atoms. The SMILES string of the molecule is O=C(CN1CCCC1=O)NC[C@@H](NC(=O)CN1CCCC1=O)c1ccc(Cl)cc1. The van der Waals surface area contributed by atoms with Crippen LogP contribution in [0.2, 0.25) is 5.02 Å². The predicted molar refractivity (Wildman–Crippen MR) is 107 cm³/mol. The van der Waals surface area contributed by atoms with Crippen molar-refractivity contribution in [3.8, 4) is 0 Å². The third-order valence-electron chi connectivity index (χ3n) is 5.12. The largest absolute Gasteiger partial charge is 0.352 e. The Balaban J connectivity index is 1.59. The molecule has 1 atom stereocenters. The molecule has 4 amide bonds. The zero-order valence-electron chi connectivity index (χ0n) is 16.2. The van der Waals surface area contributed by atoms with Crippen LogP contribution in [0.4, 0.5) is 0 Å². The summed E-state index contributed by atoms with van der Waals surface area (Å²) < 4.78 is 0. The molecule has 3 rings (SSSR count). The predicted octanol–water partition coefficient (Wildman–Crippen LogP) is 0.858. The first-order valence-electron chi connectivity index (χ1n) is 9.79. The molecule has 2 N–H and O–H groups in total. The normalized spacial score (nSPS) is 17.6. The molecule has 2 heterocycles. The molecule has 2 saturated heterocycles. The van der Waals surface area contributed by atoms with Gasteiger partial charge < -0.3 is 20.4 Å². The lowest BCUT2D eigenvalue weighted by Gasteiger charge is -2.23. The number of hydrogen-bond donors (Lipinski definition) is 2. The van der Waals surface area contributed by atoms with E-state index in [1.165, 1.54) is 9.80 Å². The van der Waals surface area contributed by atoms with Gasteiger partial charge in [-0.3, -0.25) is 19.2 Å². The minimum Gasteiger partial charge on any atom is -0.352 e. The molecule has 0 aliphatic carbocycles. The second kappa shape index (κ2) is 9.73. The Kier molecular flexibility index (Phi) is 7.09. The monoisotopic (exact) mass is 420 g/mol. The summed E-state index contributed by atoms with van der Waals surface area (Å²) in [6.07, 6.45) is 2.48. The number of likely N-dealkylation sites (tertiary alicyclic amines) is 2. The number of halogens is 1. The maximum absolute atomic E-state index is 12.5. The molecule has 2 aliphatic rings. The number of nitrogens with zero attached hydrogens (tertiary/aromatic N) is 2. The molecule has 2 aliphatic heterocycles. The summed E-state index contributed by atoms with van der Waals surface area (Å²) in [5, 5.41) is 6.24. The molecule has 1 aromatic carbocycles. The highest BCUT2D eigenvalue weighted by molar-refractivity contribution is 6.30.